The molecule has 0 heterocycles. The van der Waals surface area contributed by atoms with Crippen LogP contribution < -0.4 is 0 Å². The van der Waals surface area contributed by atoms with Crippen LogP contribution in [0.25, 0.3) is 0 Å². The van der Waals surface area contributed by atoms with Gasteiger partial charge in [-0.2, -0.15) is 0 Å². The zero-order valence-electron chi connectivity index (χ0n) is 16.9. The summed E-state index contributed by atoms with van der Waals surface area (Å²) in [6, 6.07) is 16.3. The average Bonchev–Trinajstić information content (AvgIpc) is 2.68. The third-order valence-electron chi connectivity index (χ3n) is 7.66. The molecule has 2 aliphatic rings. The van der Waals surface area contributed by atoms with Gasteiger partial charge in [0.1, 0.15) is 5.78 Å². The Labute approximate surface area is 206 Å². The van der Waals surface area contributed by atoms with Gasteiger partial charge in [-0.15, -0.1) is 0 Å². The first-order chi connectivity index (χ1) is 14.5. The predicted molar refractivity (Wildman–Crippen MR) is 134 cm³/mol. The summed E-state index contributed by atoms with van der Waals surface area (Å²) in [6.45, 7) is 0. The molecule has 2 atom stereocenters. The average molecular weight is 573 g/mol. The van der Waals surface area contributed by atoms with Crippen LogP contribution in [-0.2, 0) is 15.6 Å². The van der Waals surface area contributed by atoms with Crippen LogP contribution in [0.15, 0.2) is 48.5 Å². The molecule has 0 saturated heterocycles. The van der Waals surface area contributed by atoms with E-state index in [4.69, 9.17) is 23.2 Å². The lowest BCUT2D eigenvalue weighted by Crippen LogP contribution is -2.54. The fourth-order valence-electron chi connectivity index (χ4n) is 5.59. The maximum Gasteiger partial charge on any atom is 0.142 e. The van der Waals surface area contributed by atoms with Gasteiger partial charge in [0.15, 0.2) is 0 Å². The number of carbonyl (C=O) groups excluding carboxylic acids is 1. The second kappa shape index (κ2) is 9.25. The molecule has 160 valence electrons. The fourth-order valence-corrected chi connectivity index (χ4v) is 7.72. The van der Waals surface area contributed by atoms with Crippen molar-refractivity contribution in [3.63, 3.8) is 0 Å². The first-order valence-electron chi connectivity index (χ1n) is 10.6. The summed E-state index contributed by atoms with van der Waals surface area (Å²) in [5.74, 6) is 0.299. The van der Waals surface area contributed by atoms with Crippen molar-refractivity contribution >= 4 is 60.8 Å². The highest BCUT2D eigenvalue weighted by Gasteiger charge is 2.54. The van der Waals surface area contributed by atoms with Gasteiger partial charge in [-0.1, -0.05) is 92.2 Å². The Morgan fingerprint density at radius 2 is 1.07 bits per heavy atom. The van der Waals surface area contributed by atoms with Crippen LogP contribution in [0, 0.1) is 11.8 Å². The van der Waals surface area contributed by atoms with Gasteiger partial charge in [0, 0.05) is 43.4 Å². The van der Waals surface area contributed by atoms with Crippen LogP contribution in [0.4, 0.5) is 0 Å². The van der Waals surface area contributed by atoms with Crippen molar-refractivity contribution in [3.8, 4) is 0 Å². The molecule has 2 saturated carbocycles. The molecule has 2 unspecified atom stereocenters. The van der Waals surface area contributed by atoms with Crippen molar-refractivity contribution in [2.24, 2.45) is 11.8 Å². The number of rotatable bonds is 8. The molecule has 0 radical (unpaired) electrons. The van der Waals surface area contributed by atoms with Crippen LogP contribution in [0.3, 0.4) is 0 Å². The molecule has 0 bridgehead atoms. The van der Waals surface area contributed by atoms with E-state index >= 15 is 0 Å². The van der Waals surface area contributed by atoms with Crippen molar-refractivity contribution in [3.05, 3.63) is 69.7 Å². The van der Waals surface area contributed by atoms with Crippen molar-refractivity contribution in [2.75, 3.05) is 10.7 Å². The Kier molecular flexibility index (Phi) is 7.04. The summed E-state index contributed by atoms with van der Waals surface area (Å²) >= 11 is 19.7. The predicted octanol–water partition coefficient (Wildman–Crippen LogP) is 8.13. The number of halogens is 4. The third-order valence-corrected chi connectivity index (χ3v) is 9.46. The molecule has 2 aromatic carbocycles. The first kappa shape index (κ1) is 22.8. The highest BCUT2D eigenvalue weighted by atomic mass is 79.9. The molecule has 0 aromatic heterocycles. The van der Waals surface area contributed by atoms with Crippen molar-refractivity contribution < 1.29 is 4.79 Å². The molecule has 0 N–H and O–H groups in total. The van der Waals surface area contributed by atoms with E-state index in [1.165, 1.54) is 24.0 Å². The standard InChI is InChI=1S/C25H26Br2Cl2O/c26-15-21(24(11-1-12-24)17-3-7-19(28)8-4-17)23(30)22(16-27)25(13-2-14-25)18-5-9-20(29)10-6-18/h3-10,21-22H,1-2,11-16H2. The maximum atomic E-state index is 14.2. The van der Waals surface area contributed by atoms with Crippen LogP contribution in [-0.4, -0.2) is 16.4 Å². The minimum Gasteiger partial charge on any atom is -0.299 e. The van der Waals surface area contributed by atoms with Crippen LogP contribution in [0.5, 0.6) is 0 Å². The third kappa shape index (κ3) is 3.83. The number of carbonyl (C=O) groups is 1. The van der Waals surface area contributed by atoms with Crippen molar-refractivity contribution in [1.29, 1.82) is 0 Å². The number of alkyl halides is 2. The second-order valence-electron chi connectivity index (χ2n) is 8.85. The van der Waals surface area contributed by atoms with Gasteiger partial charge < -0.3 is 0 Å². The lowest BCUT2D eigenvalue weighted by atomic mass is 9.51. The van der Waals surface area contributed by atoms with Gasteiger partial charge in [-0.25, -0.2) is 0 Å². The van der Waals surface area contributed by atoms with E-state index in [1.807, 2.05) is 24.3 Å². The summed E-state index contributed by atoms with van der Waals surface area (Å²) in [5, 5.41) is 2.86. The highest BCUT2D eigenvalue weighted by Crippen LogP contribution is 2.55. The van der Waals surface area contributed by atoms with Crippen molar-refractivity contribution in [2.45, 2.75) is 49.4 Å². The Bertz CT molecular complexity index is 813. The monoisotopic (exact) mass is 570 g/mol. The molecule has 5 heteroatoms. The van der Waals surface area contributed by atoms with Gasteiger partial charge in [0.05, 0.1) is 0 Å². The lowest BCUT2D eigenvalue weighted by Gasteiger charge is -2.52. The smallest absolute Gasteiger partial charge is 0.142 e. The van der Waals surface area contributed by atoms with Gasteiger partial charge in [0.2, 0.25) is 0 Å². The minimum atomic E-state index is -0.0868. The largest absolute Gasteiger partial charge is 0.299 e. The Hall–Kier alpha value is -0.350. The van der Waals surface area contributed by atoms with E-state index < -0.39 is 0 Å². The van der Waals surface area contributed by atoms with E-state index in [-0.39, 0.29) is 22.7 Å². The maximum absolute atomic E-state index is 14.2. The van der Waals surface area contributed by atoms with Crippen LogP contribution >= 0.6 is 55.1 Å². The molecular weight excluding hydrogens is 547 g/mol. The van der Waals surface area contributed by atoms with E-state index in [1.54, 1.807) is 0 Å². The minimum absolute atomic E-state index is 0.0419. The number of hydrogen-bond acceptors (Lipinski definition) is 1. The molecule has 1 nitrogen and oxygen atoms in total. The molecule has 0 amide bonds. The molecule has 30 heavy (non-hydrogen) atoms. The number of hydrogen-bond donors (Lipinski definition) is 0. The van der Waals surface area contributed by atoms with Gasteiger partial charge in [0.25, 0.3) is 0 Å². The zero-order valence-corrected chi connectivity index (χ0v) is 21.5. The summed E-state index contributed by atoms with van der Waals surface area (Å²) < 4.78 is 0. The molecule has 4 rings (SSSR count). The number of Topliss-reactive ketones (excluding diaryl/α,β-unsaturated/α-hetero) is 1. The molecular formula is C25H26Br2Cl2O. The molecule has 2 aliphatic carbocycles. The first-order valence-corrected chi connectivity index (χ1v) is 13.6. The zero-order chi connectivity index (χ0) is 21.4. The summed E-state index contributed by atoms with van der Waals surface area (Å²) in [7, 11) is 0. The van der Waals surface area contributed by atoms with E-state index in [0.29, 0.717) is 16.4 Å². The summed E-state index contributed by atoms with van der Waals surface area (Å²) in [4.78, 5) is 14.2. The van der Waals surface area contributed by atoms with E-state index in [9.17, 15) is 4.79 Å². The molecule has 0 aliphatic heterocycles. The second-order valence-corrected chi connectivity index (χ2v) is 11.0. The lowest BCUT2D eigenvalue weighted by molar-refractivity contribution is -0.132. The van der Waals surface area contributed by atoms with Gasteiger partial charge >= 0.3 is 0 Å². The van der Waals surface area contributed by atoms with Crippen molar-refractivity contribution in [1.82, 2.24) is 0 Å². The molecule has 0 spiro atoms. The van der Waals surface area contributed by atoms with Crippen LogP contribution in [0.1, 0.15) is 49.7 Å². The Balaban J connectivity index is 1.69. The summed E-state index contributed by atoms with van der Waals surface area (Å²) in [5.41, 5.74) is 2.32. The fraction of sp³-hybridized carbons (Fsp3) is 0.480. The van der Waals surface area contributed by atoms with E-state index in [0.717, 1.165) is 35.7 Å². The summed E-state index contributed by atoms with van der Waals surface area (Å²) in [6.07, 6.45) is 6.56. The van der Waals surface area contributed by atoms with E-state index in [2.05, 4.69) is 56.1 Å². The SMILES string of the molecule is O=C(C(CBr)C1(c2ccc(Cl)cc2)CCC1)C(CBr)C1(c2ccc(Cl)cc2)CCC1. The number of ketones is 1. The molecule has 2 aromatic rings. The van der Waals surface area contributed by atoms with Crippen LogP contribution in [0.2, 0.25) is 10.0 Å². The quantitative estimate of drug-likeness (QED) is 0.292. The molecule has 2 fully saturated rings. The Morgan fingerprint density at radius 3 is 1.30 bits per heavy atom. The number of benzene rings is 2. The Morgan fingerprint density at radius 1 is 0.733 bits per heavy atom. The van der Waals surface area contributed by atoms with Gasteiger partial charge in [-0.05, 0) is 61.1 Å². The topological polar surface area (TPSA) is 17.1 Å². The highest BCUT2D eigenvalue weighted by molar-refractivity contribution is 9.09. The van der Waals surface area contributed by atoms with Gasteiger partial charge in [-0.3, -0.25) is 4.79 Å². The normalized spacial score (nSPS) is 21.2.